The van der Waals surface area contributed by atoms with Crippen molar-refractivity contribution in [3.63, 3.8) is 0 Å². The normalized spacial score (nSPS) is 11.3. The van der Waals surface area contributed by atoms with Gasteiger partial charge in [0.2, 0.25) is 0 Å². The first-order valence-electron chi connectivity index (χ1n) is 5.27. The summed E-state index contributed by atoms with van der Waals surface area (Å²) in [4.78, 5) is 6.19. The Kier molecular flexibility index (Phi) is 3.45. The largest absolute Gasteiger partial charge is 0.332 e. The van der Waals surface area contributed by atoms with Crippen LogP contribution in [-0.4, -0.2) is 50.7 Å². The van der Waals surface area contributed by atoms with E-state index in [2.05, 4.69) is 20.5 Å². The monoisotopic (exact) mass is 237 g/mol. The van der Waals surface area contributed by atoms with Crippen molar-refractivity contribution in [3.8, 4) is 11.6 Å². The molecule has 2 heterocycles. The van der Waals surface area contributed by atoms with E-state index in [-0.39, 0.29) is 0 Å². The fraction of sp³-hybridized carbons (Fsp3) is 0.556. The maximum atomic E-state index is 5.42. The van der Waals surface area contributed by atoms with Crippen molar-refractivity contribution in [3.05, 3.63) is 12.0 Å². The van der Waals surface area contributed by atoms with Crippen LogP contribution in [0.4, 0.5) is 0 Å². The highest BCUT2D eigenvalue weighted by molar-refractivity contribution is 5.43. The van der Waals surface area contributed by atoms with E-state index in [1.807, 2.05) is 19.0 Å². The van der Waals surface area contributed by atoms with Gasteiger partial charge in [0.15, 0.2) is 11.5 Å². The zero-order valence-corrected chi connectivity index (χ0v) is 9.87. The fourth-order valence-electron chi connectivity index (χ4n) is 1.34. The summed E-state index contributed by atoms with van der Waals surface area (Å²) in [5.41, 5.74) is 5.99. The topological polar surface area (TPSA) is 98.9 Å². The summed E-state index contributed by atoms with van der Waals surface area (Å²) in [6.45, 7) is 1.75. The average Bonchev–Trinajstić information content (AvgIpc) is 2.86. The SMILES string of the molecule is CN(C)Cc1noc(-c2cn(CCN)nn2)n1. The quantitative estimate of drug-likeness (QED) is 0.737. The molecule has 0 radical (unpaired) electrons. The lowest BCUT2D eigenvalue weighted by atomic mass is 10.4. The molecule has 0 fully saturated rings. The van der Waals surface area contributed by atoms with E-state index in [1.165, 1.54) is 0 Å². The lowest BCUT2D eigenvalue weighted by Gasteiger charge is -2.03. The van der Waals surface area contributed by atoms with Crippen molar-refractivity contribution in [1.29, 1.82) is 0 Å². The smallest absolute Gasteiger partial charge is 0.280 e. The number of nitrogens with zero attached hydrogens (tertiary/aromatic N) is 6. The molecular formula is C9H15N7O. The second-order valence-electron chi connectivity index (χ2n) is 3.91. The molecule has 92 valence electrons. The minimum atomic E-state index is 0.380. The molecule has 17 heavy (non-hydrogen) atoms. The van der Waals surface area contributed by atoms with Gasteiger partial charge in [-0.15, -0.1) is 5.10 Å². The predicted molar refractivity (Wildman–Crippen MR) is 59.8 cm³/mol. The second kappa shape index (κ2) is 5.02. The fourth-order valence-corrected chi connectivity index (χ4v) is 1.34. The highest BCUT2D eigenvalue weighted by Crippen LogP contribution is 2.13. The summed E-state index contributed by atoms with van der Waals surface area (Å²) in [6.07, 6.45) is 1.74. The summed E-state index contributed by atoms with van der Waals surface area (Å²) >= 11 is 0. The molecule has 2 aromatic heterocycles. The summed E-state index contributed by atoms with van der Waals surface area (Å²) in [6, 6.07) is 0. The molecule has 0 unspecified atom stereocenters. The van der Waals surface area contributed by atoms with Crippen LogP contribution in [0.15, 0.2) is 10.7 Å². The first kappa shape index (κ1) is 11.7. The lowest BCUT2D eigenvalue weighted by molar-refractivity contribution is 0.365. The Bertz CT molecular complexity index is 475. The standard InChI is InChI=1S/C9H15N7O/c1-15(2)6-8-11-9(17-13-8)7-5-16(4-3-10)14-12-7/h5H,3-4,6,10H2,1-2H3. The predicted octanol–water partition coefficient (Wildman–Crippen LogP) is -0.652. The van der Waals surface area contributed by atoms with E-state index in [1.54, 1.807) is 10.9 Å². The van der Waals surface area contributed by atoms with Crippen LogP contribution in [0.2, 0.25) is 0 Å². The third-order valence-electron chi connectivity index (χ3n) is 2.04. The van der Waals surface area contributed by atoms with Crippen molar-refractivity contribution in [2.45, 2.75) is 13.1 Å². The Morgan fingerprint density at radius 2 is 2.29 bits per heavy atom. The molecule has 0 aromatic carbocycles. The molecule has 0 aliphatic carbocycles. The van der Waals surface area contributed by atoms with Crippen LogP contribution >= 0.6 is 0 Å². The van der Waals surface area contributed by atoms with Gasteiger partial charge in [-0.25, -0.2) is 0 Å². The van der Waals surface area contributed by atoms with E-state index in [4.69, 9.17) is 10.3 Å². The first-order valence-corrected chi connectivity index (χ1v) is 5.27. The zero-order chi connectivity index (χ0) is 12.3. The Morgan fingerprint density at radius 1 is 1.47 bits per heavy atom. The molecule has 0 saturated heterocycles. The number of hydrogen-bond acceptors (Lipinski definition) is 7. The number of nitrogens with two attached hydrogens (primary N) is 1. The van der Waals surface area contributed by atoms with Crippen LogP contribution in [-0.2, 0) is 13.1 Å². The van der Waals surface area contributed by atoms with E-state index in [9.17, 15) is 0 Å². The van der Waals surface area contributed by atoms with Crippen LogP contribution in [0.3, 0.4) is 0 Å². The van der Waals surface area contributed by atoms with Gasteiger partial charge in [0.05, 0.1) is 19.3 Å². The molecule has 2 rings (SSSR count). The van der Waals surface area contributed by atoms with Crippen molar-refractivity contribution in [2.75, 3.05) is 20.6 Å². The van der Waals surface area contributed by atoms with Gasteiger partial charge in [0, 0.05) is 6.54 Å². The number of rotatable bonds is 5. The van der Waals surface area contributed by atoms with E-state index >= 15 is 0 Å². The Balaban J connectivity index is 2.12. The van der Waals surface area contributed by atoms with Gasteiger partial charge in [-0.3, -0.25) is 4.68 Å². The second-order valence-corrected chi connectivity index (χ2v) is 3.91. The maximum absolute atomic E-state index is 5.42. The van der Waals surface area contributed by atoms with Crippen molar-refractivity contribution < 1.29 is 4.52 Å². The average molecular weight is 237 g/mol. The van der Waals surface area contributed by atoms with Gasteiger partial charge in [-0.2, -0.15) is 4.98 Å². The van der Waals surface area contributed by atoms with Crippen LogP contribution in [0.1, 0.15) is 5.82 Å². The molecule has 2 N–H and O–H groups in total. The molecule has 0 bridgehead atoms. The first-order chi connectivity index (χ1) is 8.19. The number of aromatic nitrogens is 5. The molecule has 0 amide bonds. The van der Waals surface area contributed by atoms with Gasteiger partial charge >= 0.3 is 0 Å². The highest BCUT2D eigenvalue weighted by Gasteiger charge is 2.12. The number of hydrogen-bond donors (Lipinski definition) is 1. The van der Waals surface area contributed by atoms with Gasteiger partial charge in [0.25, 0.3) is 5.89 Å². The minimum absolute atomic E-state index is 0.380. The molecule has 0 atom stereocenters. The van der Waals surface area contributed by atoms with Crippen LogP contribution in [0, 0.1) is 0 Å². The molecule has 0 spiro atoms. The maximum Gasteiger partial charge on any atom is 0.280 e. The summed E-state index contributed by atoms with van der Waals surface area (Å²) in [5.74, 6) is 1.00. The van der Waals surface area contributed by atoms with Crippen LogP contribution in [0.25, 0.3) is 11.6 Å². The van der Waals surface area contributed by atoms with E-state index in [0.29, 0.717) is 37.0 Å². The third-order valence-corrected chi connectivity index (χ3v) is 2.04. The molecular weight excluding hydrogens is 222 g/mol. The van der Waals surface area contributed by atoms with Gasteiger partial charge < -0.3 is 15.2 Å². The van der Waals surface area contributed by atoms with Gasteiger partial charge in [-0.05, 0) is 14.1 Å². The Morgan fingerprint density at radius 3 is 3.00 bits per heavy atom. The molecule has 0 aliphatic rings. The molecule has 2 aromatic rings. The summed E-state index contributed by atoms with van der Waals surface area (Å²) < 4.78 is 6.75. The van der Waals surface area contributed by atoms with Crippen LogP contribution < -0.4 is 5.73 Å². The molecule has 0 saturated carbocycles. The highest BCUT2D eigenvalue weighted by atomic mass is 16.5. The van der Waals surface area contributed by atoms with E-state index < -0.39 is 0 Å². The van der Waals surface area contributed by atoms with Crippen molar-refractivity contribution in [2.24, 2.45) is 5.73 Å². The summed E-state index contributed by atoms with van der Waals surface area (Å²) in [7, 11) is 3.88. The molecule has 8 nitrogen and oxygen atoms in total. The van der Waals surface area contributed by atoms with Gasteiger partial charge in [0.1, 0.15) is 0 Å². The molecule has 8 heteroatoms. The summed E-state index contributed by atoms with van der Waals surface area (Å²) in [5, 5.41) is 11.7. The molecule has 0 aliphatic heterocycles. The Hall–Kier alpha value is -1.80. The zero-order valence-electron chi connectivity index (χ0n) is 9.87. The lowest BCUT2D eigenvalue weighted by Crippen LogP contribution is -2.11. The van der Waals surface area contributed by atoms with Crippen molar-refractivity contribution in [1.82, 2.24) is 30.0 Å². The Labute approximate surface area is 98.4 Å². The minimum Gasteiger partial charge on any atom is -0.332 e. The van der Waals surface area contributed by atoms with Crippen LogP contribution in [0.5, 0.6) is 0 Å². The van der Waals surface area contributed by atoms with Crippen molar-refractivity contribution >= 4 is 0 Å². The van der Waals surface area contributed by atoms with E-state index in [0.717, 1.165) is 0 Å². The van der Waals surface area contributed by atoms with Gasteiger partial charge in [-0.1, -0.05) is 10.4 Å². The third kappa shape index (κ3) is 2.86.